The second kappa shape index (κ2) is 6.02. The molecule has 1 saturated carbocycles. The zero-order chi connectivity index (χ0) is 13.1. The summed E-state index contributed by atoms with van der Waals surface area (Å²) in [6, 6.07) is 0.674. The fraction of sp³-hybridized carbons (Fsp3) is 0.714. The van der Waals surface area contributed by atoms with Crippen LogP contribution < -0.4 is 5.32 Å². The highest BCUT2D eigenvalue weighted by molar-refractivity contribution is 7.99. The van der Waals surface area contributed by atoms with E-state index in [4.69, 9.17) is 0 Å². The summed E-state index contributed by atoms with van der Waals surface area (Å²) in [6.45, 7) is 9.53. The van der Waals surface area contributed by atoms with E-state index >= 15 is 0 Å². The highest BCUT2D eigenvalue weighted by atomic mass is 32.2. The van der Waals surface area contributed by atoms with Gasteiger partial charge in [0.25, 0.3) is 0 Å². The summed E-state index contributed by atoms with van der Waals surface area (Å²) in [5.41, 5.74) is 3.41. The monoisotopic (exact) mass is 265 g/mol. The number of thioether (sulfide) groups is 1. The van der Waals surface area contributed by atoms with Crippen molar-refractivity contribution < 1.29 is 0 Å². The van der Waals surface area contributed by atoms with Gasteiger partial charge in [0.15, 0.2) is 5.16 Å². The van der Waals surface area contributed by atoms with E-state index in [1.807, 2.05) is 0 Å². The molecule has 0 radical (unpaired) electrons. The normalized spacial score (nSPS) is 16.9. The van der Waals surface area contributed by atoms with Crippen molar-refractivity contribution in [2.24, 2.45) is 5.92 Å². The van der Waals surface area contributed by atoms with Gasteiger partial charge >= 0.3 is 0 Å². The van der Waals surface area contributed by atoms with Crippen LogP contribution in [0.25, 0.3) is 0 Å². The molecule has 1 N–H and O–H groups in total. The zero-order valence-electron chi connectivity index (χ0n) is 11.8. The molecule has 4 heteroatoms. The average Bonchev–Trinajstić information content (AvgIpc) is 3.15. The molecule has 0 aliphatic heterocycles. The van der Waals surface area contributed by atoms with E-state index in [9.17, 15) is 0 Å². The fourth-order valence-corrected chi connectivity index (χ4v) is 2.80. The van der Waals surface area contributed by atoms with Crippen LogP contribution in [0.5, 0.6) is 0 Å². The number of rotatable bonds is 6. The molecular weight excluding hydrogens is 242 g/mol. The Hall–Kier alpha value is -0.610. The summed E-state index contributed by atoms with van der Waals surface area (Å²) < 4.78 is 0. The van der Waals surface area contributed by atoms with E-state index in [1.54, 1.807) is 11.8 Å². The average molecular weight is 265 g/mol. The van der Waals surface area contributed by atoms with Gasteiger partial charge in [-0.1, -0.05) is 11.8 Å². The van der Waals surface area contributed by atoms with Crippen LogP contribution >= 0.6 is 11.8 Å². The largest absolute Gasteiger partial charge is 0.313 e. The molecule has 1 heterocycles. The van der Waals surface area contributed by atoms with Crippen molar-refractivity contribution in [3.8, 4) is 0 Å². The maximum absolute atomic E-state index is 4.52. The lowest BCUT2D eigenvalue weighted by atomic mass is 10.2. The number of nitrogens with zero attached hydrogens (tertiary/aromatic N) is 2. The van der Waals surface area contributed by atoms with Crippen molar-refractivity contribution in [3.05, 3.63) is 17.0 Å². The van der Waals surface area contributed by atoms with E-state index in [-0.39, 0.29) is 0 Å². The Balaban J connectivity index is 1.76. The van der Waals surface area contributed by atoms with Gasteiger partial charge in [0.2, 0.25) is 0 Å². The molecule has 1 aromatic rings. The van der Waals surface area contributed by atoms with Gasteiger partial charge < -0.3 is 5.32 Å². The zero-order valence-corrected chi connectivity index (χ0v) is 12.6. The molecule has 1 atom stereocenters. The minimum absolute atomic E-state index is 0.674. The molecule has 0 bridgehead atoms. The molecule has 0 aromatic carbocycles. The Morgan fingerprint density at radius 2 is 1.83 bits per heavy atom. The van der Waals surface area contributed by atoms with Crippen LogP contribution in [-0.2, 0) is 0 Å². The van der Waals surface area contributed by atoms with Crippen molar-refractivity contribution in [1.29, 1.82) is 0 Å². The summed E-state index contributed by atoms with van der Waals surface area (Å²) in [5, 5.41) is 4.49. The summed E-state index contributed by atoms with van der Waals surface area (Å²) in [4.78, 5) is 9.04. The molecule has 18 heavy (non-hydrogen) atoms. The Bertz CT molecular complexity index is 392. The van der Waals surface area contributed by atoms with Gasteiger partial charge in [0, 0.05) is 29.7 Å². The summed E-state index contributed by atoms with van der Waals surface area (Å²) in [5.74, 6) is 1.97. The Morgan fingerprint density at radius 3 is 2.39 bits per heavy atom. The second-order valence-electron chi connectivity index (χ2n) is 5.23. The van der Waals surface area contributed by atoms with E-state index in [0.29, 0.717) is 6.04 Å². The SMILES string of the molecule is Cc1nc(SCCNC(C)C2CC2)nc(C)c1C. The van der Waals surface area contributed by atoms with E-state index in [1.165, 1.54) is 18.4 Å². The maximum Gasteiger partial charge on any atom is 0.188 e. The van der Waals surface area contributed by atoms with Crippen molar-refractivity contribution in [2.75, 3.05) is 12.3 Å². The van der Waals surface area contributed by atoms with Crippen molar-refractivity contribution in [1.82, 2.24) is 15.3 Å². The predicted molar refractivity (Wildman–Crippen MR) is 77.2 cm³/mol. The highest BCUT2D eigenvalue weighted by Gasteiger charge is 2.27. The molecule has 100 valence electrons. The van der Waals surface area contributed by atoms with Gasteiger partial charge in [-0.2, -0.15) is 0 Å². The van der Waals surface area contributed by atoms with E-state index in [2.05, 4.69) is 43.0 Å². The molecule has 0 spiro atoms. The second-order valence-corrected chi connectivity index (χ2v) is 6.29. The maximum atomic E-state index is 4.52. The first-order valence-electron chi connectivity index (χ1n) is 6.76. The standard InChI is InChI=1S/C14H23N3S/c1-9-10(2)16-14(17-11(9)3)18-8-7-15-12(4)13-5-6-13/h12-13,15H,5-8H2,1-4H3. The smallest absolute Gasteiger partial charge is 0.188 e. The third kappa shape index (κ3) is 3.69. The topological polar surface area (TPSA) is 37.8 Å². The third-order valence-corrected chi connectivity index (χ3v) is 4.59. The quantitative estimate of drug-likeness (QED) is 0.487. The molecule has 0 amide bonds. The van der Waals surface area contributed by atoms with Gasteiger partial charge in [-0.15, -0.1) is 0 Å². The van der Waals surface area contributed by atoms with E-state index in [0.717, 1.165) is 34.8 Å². The van der Waals surface area contributed by atoms with Crippen molar-refractivity contribution >= 4 is 11.8 Å². The lowest BCUT2D eigenvalue weighted by Crippen LogP contribution is -2.29. The van der Waals surface area contributed by atoms with Crippen LogP contribution in [0.4, 0.5) is 0 Å². The summed E-state index contributed by atoms with van der Waals surface area (Å²) >= 11 is 1.75. The Kier molecular flexibility index (Phi) is 4.62. The Morgan fingerprint density at radius 1 is 1.22 bits per heavy atom. The molecule has 1 aromatic heterocycles. The molecule has 3 nitrogen and oxygen atoms in total. The van der Waals surface area contributed by atoms with Gasteiger partial charge in [-0.25, -0.2) is 9.97 Å². The first kappa shape index (κ1) is 13.8. The molecule has 1 aliphatic carbocycles. The van der Waals surface area contributed by atoms with Crippen molar-refractivity contribution in [2.45, 2.75) is 51.7 Å². The van der Waals surface area contributed by atoms with Crippen LogP contribution in [0.15, 0.2) is 5.16 Å². The first-order chi connectivity index (χ1) is 8.58. The number of nitrogens with one attached hydrogen (secondary N) is 1. The third-order valence-electron chi connectivity index (χ3n) is 3.74. The van der Waals surface area contributed by atoms with E-state index < -0.39 is 0 Å². The van der Waals surface area contributed by atoms with Gasteiger partial charge in [0.05, 0.1) is 0 Å². The minimum atomic E-state index is 0.674. The van der Waals surface area contributed by atoms with Crippen LogP contribution in [-0.4, -0.2) is 28.3 Å². The Labute approximate surface area is 114 Å². The molecule has 1 aliphatic rings. The van der Waals surface area contributed by atoms with Crippen LogP contribution in [0.1, 0.15) is 36.7 Å². The highest BCUT2D eigenvalue weighted by Crippen LogP contribution is 2.32. The summed E-state index contributed by atoms with van der Waals surface area (Å²) in [7, 11) is 0. The molecule has 0 saturated heterocycles. The van der Waals surface area contributed by atoms with Crippen LogP contribution in [0.3, 0.4) is 0 Å². The molecule has 1 unspecified atom stereocenters. The number of hydrogen-bond acceptors (Lipinski definition) is 4. The summed E-state index contributed by atoms with van der Waals surface area (Å²) in [6.07, 6.45) is 2.81. The van der Waals surface area contributed by atoms with Crippen LogP contribution in [0.2, 0.25) is 0 Å². The molecule has 2 rings (SSSR count). The minimum Gasteiger partial charge on any atom is -0.313 e. The fourth-order valence-electron chi connectivity index (χ4n) is 2.00. The predicted octanol–water partition coefficient (Wildman–Crippen LogP) is 2.88. The van der Waals surface area contributed by atoms with Gasteiger partial charge in [-0.3, -0.25) is 0 Å². The molecular formula is C14H23N3S. The number of hydrogen-bond donors (Lipinski definition) is 1. The first-order valence-corrected chi connectivity index (χ1v) is 7.74. The van der Waals surface area contributed by atoms with Crippen molar-refractivity contribution in [3.63, 3.8) is 0 Å². The number of aromatic nitrogens is 2. The number of aryl methyl sites for hydroxylation is 2. The lowest BCUT2D eigenvalue weighted by molar-refractivity contribution is 0.514. The van der Waals surface area contributed by atoms with Gasteiger partial charge in [0.1, 0.15) is 0 Å². The van der Waals surface area contributed by atoms with Gasteiger partial charge in [-0.05, 0) is 52.0 Å². The van der Waals surface area contributed by atoms with Crippen LogP contribution in [0, 0.1) is 26.7 Å². The molecule has 1 fully saturated rings. The lowest BCUT2D eigenvalue weighted by Gasteiger charge is -2.12.